The van der Waals surface area contributed by atoms with E-state index in [1.54, 1.807) is 43.5 Å². The molecule has 1 aromatic heterocycles. The highest BCUT2D eigenvalue weighted by atomic mass is 32.2. The van der Waals surface area contributed by atoms with E-state index < -0.39 is 15.8 Å². The molecule has 162 valence electrons. The Morgan fingerprint density at radius 2 is 1.97 bits per heavy atom. The summed E-state index contributed by atoms with van der Waals surface area (Å²) in [5.41, 5.74) is 2.56. The van der Waals surface area contributed by atoms with Gasteiger partial charge in [0.15, 0.2) is 11.6 Å². The summed E-state index contributed by atoms with van der Waals surface area (Å²) in [5.74, 6) is 0.513. The number of hydrogen-bond acceptors (Lipinski definition) is 7. The minimum atomic E-state index is -3.64. The van der Waals surface area contributed by atoms with E-state index >= 15 is 0 Å². The van der Waals surface area contributed by atoms with Crippen LogP contribution in [0.5, 0.6) is 5.75 Å². The van der Waals surface area contributed by atoms with E-state index in [2.05, 4.69) is 25.3 Å². The number of ether oxygens (including phenoxy) is 1. The zero-order valence-electron chi connectivity index (χ0n) is 17.1. The van der Waals surface area contributed by atoms with Crippen LogP contribution in [0.4, 0.5) is 21.8 Å². The van der Waals surface area contributed by atoms with E-state index in [0.29, 0.717) is 47.1 Å². The molecule has 3 N–H and O–H groups in total. The number of nitrogens with one attached hydrogen (secondary N) is 3. The van der Waals surface area contributed by atoms with Crippen LogP contribution in [0.25, 0.3) is 11.1 Å². The predicted molar refractivity (Wildman–Crippen MR) is 117 cm³/mol. The summed E-state index contributed by atoms with van der Waals surface area (Å²) in [6.45, 7) is 2.49. The molecule has 0 atom stereocenters. The van der Waals surface area contributed by atoms with Crippen molar-refractivity contribution < 1.29 is 17.5 Å². The van der Waals surface area contributed by atoms with E-state index in [0.717, 1.165) is 0 Å². The van der Waals surface area contributed by atoms with Crippen LogP contribution in [-0.4, -0.2) is 38.6 Å². The molecule has 4 bridgehead atoms. The fourth-order valence-corrected chi connectivity index (χ4v) is 4.63. The fraction of sp³-hybridized carbons (Fsp3) is 0.238. The average Bonchev–Trinajstić information content (AvgIpc) is 2.75. The van der Waals surface area contributed by atoms with Gasteiger partial charge in [0.2, 0.25) is 16.0 Å². The second-order valence-corrected chi connectivity index (χ2v) is 8.82. The lowest BCUT2D eigenvalue weighted by molar-refractivity contribution is 0.387. The van der Waals surface area contributed by atoms with Gasteiger partial charge < -0.3 is 15.4 Å². The van der Waals surface area contributed by atoms with Crippen molar-refractivity contribution in [3.05, 3.63) is 54.0 Å². The van der Waals surface area contributed by atoms with Crippen LogP contribution < -0.4 is 20.1 Å². The van der Waals surface area contributed by atoms with Gasteiger partial charge in [-0.3, -0.25) is 0 Å². The Kier molecular flexibility index (Phi) is 5.75. The number of rotatable bonds is 2. The Balaban J connectivity index is 1.77. The van der Waals surface area contributed by atoms with Crippen LogP contribution in [0, 0.1) is 12.7 Å². The number of fused-ring (bicyclic) bond motifs is 4. The lowest BCUT2D eigenvalue weighted by atomic mass is 10.1. The molecule has 0 saturated carbocycles. The molecule has 8 nitrogen and oxygen atoms in total. The number of halogens is 1. The number of nitrogens with zero attached hydrogens (tertiary/aromatic N) is 2. The second-order valence-electron chi connectivity index (χ2n) is 7.09. The molecule has 2 aromatic carbocycles. The van der Waals surface area contributed by atoms with Crippen LogP contribution in [0.15, 0.2) is 47.5 Å². The molecule has 3 aromatic rings. The lowest BCUT2D eigenvalue weighted by Gasteiger charge is -2.14. The summed E-state index contributed by atoms with van der Waals surface area (Å²) in [4.78, 5) is 9.14. The molecular formula is C21H22FN5O3S. The molecule has 0 spiro atoms. The van der Waals surface area contributed by atoms with Crippen molar-refractivity contribution in [2.75, 3.05) is 30.8 Å². The van der Waals surface area contributed by atoms with E-state index in [1.807, 2.05) is 0 Å². The summed E-state index contributed by atoms with van der Waals surface area (Å²) in [6.07, 6.45) is 2.17. The first-order valence-corrected chi connectivity index (χ1v) is 11.2. The quantitative estimate of drug-likeness (QED) is 0.557. The smallest absolute Gasteiger partial charge is 0.240 e. The zero-order valence-corrected chi connectivity index (χ0v) is 17.9. The minimum absolute atomic E-state index is 0.123. The molecule has 2 heterocycles. The van der Waals surface area contributed by atoms with Gasteiger partial charge in [0.05, 0.1) is 12.0 Å². The average molecular weight is 444 g/mol. The molecule has 0 radical (unpaired) electrons. The summed E-state index contributed by atoms with van der Waals surface area (Å²) in [6, 6.07) is 9.60. The van der Waals surface area contributed by atoms with Crippen molar-refractivity contribution in [1.29, 1.82) is 0 Å². The topological polar surface area (TPSA) is 105 Å². The molecule has 0 amide bonds. The number of aryl methyl sites for hydroxylation is 1. The Morgan fingerprint density at radius 3 is 2.77 bits per heavy atom. The number of hydrogen-bond donors (Lipinski definition) is 3. The minimum Gasteiger partial charge on any atom is -0.494 e. The van der Waals surface area contributed by atoms with E-state index in [-0.39, 0.29) is 17.2 Å². The molecule has 0 aliphatic carbocycles. The summed E-state index contributed by atoms with van der Waals surface area (Å²) < 4.78 is 46.9. The Morgan fingerprint density at radius 1 is 1.13 bits per heavy atom. The third kappa shape index (κ3) is 4.44. The summed E-state index contributed by atoms with van der Waals surface area (Å²) in [5, 5.41) is 6.29. The van der Waals surface area contributed by atoms with Gasteiger partial charge in [-0.2, -0.15) is 4.98 Å². The van der Waals surface area contributed by atoms with Gasteiger partial charge in [-0.25, -0.2) is 22.5 Å². The molecule has 0 fully saturated rings. The van der Waals surface area contributed by atoms with Crippen LogP contribution in [-0.2, 0) is 10.0 Å². The van der Waals surface area contributed by atoms with Crippen molar-refractivity contribution in [1.82, 2.24) is 14.7 Å². The van der Waals surface area contributed by atoms with Crippen LogP contribution in [0.3, 0.4) is 0 Å². The number of anilines is 3. The van der Waals surface area contributed by atoms with E-state index in [4.69, 9.17) is 4.74 Å². The molecular weight excluding hydrogens is 421 g/mol. The van der Waals surface area contributed by atoms with Gasteiger partial charge in [-0.15, -0.1) is 0 Å². The van der Waals surface area contributed by atoms with Crippen LogP contribution in [0.1, 0.15) is 12.0 Å². The highest BCUT2D eigenvalue weighted by molar-refractivity contribution is 7.89. The third-order valence-corrected chi connectivity index (χ3v) is 6.53. The molecule has 1 aliphatic rings. The van der Waals surface area contributed by atoms with Crippen molar-refractivity contribution >= 4 is 27.5 Å². The zero-order chi connectivity index (χ0) is 22.0. The van der Waals surface area contributed by atoms with Crippen molar-refractivity contribution in [2.24, 2.45) is 0 Å². The summed E-state index contributed by atoms with van der Waals surface area (Å²) >= 11 is 0. The van der Waals surface area contributed by atoms with Gasteiger partial charge in [0, 0.05) is 30.5 Å². The third-order valence-electron chi connectivity index (χ3n) is 4.92. The largest absolute Gasteiger partial charge is 0.494 e. The Labute approximate surface area is 179 Å². The lowest BCUT2D eigenvalue weighted by Crippen LogP contribution is -2.26. The molecule has 0 unspecified atom stereocenters. The van der Waals surface area contributed by atoms with Gasteiger partial charge in [-0.1, -0.05) is 12.1 Å². The predicted octanol–water partition coefficient (Wildman–Crippen LogP) is 3.44. The van der Waals surface area contributed by atoms with E-state index in [9.17, 15) is 12.8 Å². The molecule has 1 aliphatic heterocycles. The number of sulfonamides is 1. The first-order chi connectivity index (χ1) is 14.9. The van der Waals surface area contributed by atoms with Crippen molar-refractivity contribution in [2.45, 2.75) is 18.2 Å². The first-order valence-electron chi connectivity index (χ1n) is 9.69. The highest BCUT2D eigenvalue weighted by Gasteiger charge is 2.18. The Bertz CT molecular complexity index is 1230. The maximum absolute atomic E-state index is 13.8. The highest BCUT2D eigenvalue weighted by Crippen LogP contribution is 2.31. The van der Waals surface area contributed by atoms with Gasteiger partial charge in [-0.05, 0) is 48.7 Å². The number of aromatic nitrogens is 2. The first kappa shape index (κ1) is 21.0. The maximum atomic E-state index is 13.8. The summed E-state index contributed by atoms with van der Waals surface area (Å²) in [7, 11) is -2.23. The van der Waals surface area contributed by atoms with Gasteiger partial charge in [0.25, 0.3) is 0 Å². The number of benzene rings is 2. The molecule has 0 saturated heterocycles. The standard InChI is InChI=1S/C21H22FN5O3S/c1-13-4-6-15-11-19(13)31(28,29)25-9-3-8-23-20-16(12-24-21(26-15)27-20)14-5-7-17(22)18(10-14)30-2/h4-7,10-12,25H,3,8-9H2,1-2H3,(H2,23,24,26,27). The molecule has 10 heteroatoms. The monoisotopic (exact) mass is 443 g/mol. The second kappa shape index (κ2) is 8.48. The maximum Gasteiger partial charge on any atom is 0.240 e. The van der Waals surface area contributed by atoms with Crippen molar-refractivity contribution in [3.8, 4) is 16.9 Å². The number of methoxy groups -OCH3 is 1. The van der Waals surface area contributed by atoms with E-state index in [1.165, 1.54) is 13.2 Å². The van der Waals surface area contributed by atoms with Crippen molar-refractivity contribution in [3.63, 3.8) is 0 Å². The SMILES string of the molecule is COc1cc(-c2cnc3nc2NCCCNS(=O)(=O)c2cc(ccc2C)N3)ccc1F. The van der Waals surface area contributed by atoms with Crippen LogP contribution >= 0.6 is 0 Å². The normalized spacial score (nSPS) is 15.5. The van der Waals surface area contributed by atoms with Gasteiger partial charge in [0.1, 0.15) is 5.82 Å². The molecule has 4 rings (SSSR count). The fourth-order valence-electron chi connectivity index (χ4n) is 3.29. The van der Waals surface area contributed by atoms with Gasteiger partial charge >= 0.3 is 0 Å². The molecule has 31 heavy (non-hydrogen) atoms. The Hall–Kier alpha value is -3.24. The van der Waals surface area contributed by atoms with Crippen LogP contribution in [0.2, 0.25) is 0 Å².